The Hall–Kier alpha value is -2.07. The van der Waals surface area contributed by atoms with Crippen LogP contribution in [0.5, 0.6) is 11.5 Å². The summed E-state index contributed by atoms with van der Waals surface area (Å²) < 4.78 is 0. The summed E-state index contributed by atoms with van der Waals surface area (Å²) in [6, 6.07) is 8.72. The second-order valence-electron chi connectivity index (χ2n) is 6.11. The summed E-state index contributed by atoms with van der Waals surface area (Å²) in [4.78, 5) is 4.31. The van der Waals surface area contributed by atoms with Gasteiger partial charge in [-0.3, -0.25) is 4.99 Å². The van der Waals surface area contributed by atoms with Crippen LogP contribution in [0.4, 0.5) is 5.69 Å². The van der Waals surface area contributed by atoms with Gasteiger partial charge in [-0.1, -0.05) is 56.4 Å². The molecule has 0 saturated carbocycles. The normalized spacial score (nSPS) is 11.5. The van der Waals surface area contributed by atoms with Crippen molar-refractivity contribution < 1.29 is 15.3 Å². The van der Waals surface area contributed by atoms with Crippen molar-refractivity contribution >= 4 is 22.7 Å². The summed E-state index contributed by atoms with van der Waals surface area (Å²) in [6.07, 6.45) is 10.6. The maximum atomic E-state index is 10.3. The minimum atomic E-state index is 0.114. The van der Waals surface area contributed by atoms with Gasteiger partial charge in [0.1, 0.15) is 17.2 Å². The highest BCUT2D eigenvalue weighted by Gasteiger charge is 2.09. The summed E-state index contributed by atoms with van der Waals surface area (Å²) in [5, 5.41) is 30.3. The van der Waals surface area contributed by atoms with Crippen LogP contribution in [0.3, 0.4) is 0 Å². The summed E-state index contributed by atoms with van der Waals surface area (Å²) in [5.74, 6) is 0.252. The number of fused-ring (bicyclic) bond motifs is 1. The first kappa shape index (κ1) is 18.3. The van der Waals surface area contributed by atoms with E-state index in [0.717, 1.165) is 25.7 Å². The fourth-order valence-electron chi connectivity index (χ4n) is 2.82. The molecule has 2 aromatic rings. The molecule has 4 nitrogen and oxygen atoms in total. The highest BCUT2D eigenvalue weighted by atomic mass is 16.3. The molecule has 0 aromatic heterocycles. The Bertz CT molecular complexity index is 667. The number of nitrogens with zero attached hydrogens (tertiary/aromatic N) is 1. The van der Waals surface area contributed by atoms with Crippen LogP contribution >= 0.6 is 0 Å². The number of aliphatic hydroxyl groups is 1. The Morgan fingerprint density at radius 3 is 2.17 bits per heavy atom. The molecule has 24 heavy (non-hydrogen) atoms. The quantitative estimate of drug-likeness (QED) is 0.324. The van der Waals surface area contributed by atoms with Crippen LogP contribution in [0.25, 0.3) is 10.8 Å². The lowest BCUT2D eigenvalue weighted by Crippen LogP contribution is -1.84. The van der Waals surface area contributed by atoms with E-state index in [0.29, 0.717) is 23.1 Å². The van der Waals surface area contributed by atoms with E-state index in [-0.39, 0.29) is 11.5 Å². The monoisotopic (exact) mass is 329 g/mol. The smallest absolute Gasteiger partial charge is 0.149 e. The first-order valence-corrected chi connectivity index (χ1v) is 8.81. The SMILES string of the molecule is OCCCCCCCCCC=Nc1cc(O)c2ccccc2c1O. The molecule has 2 rings (SSSR count). The molecule has 0 radical (unpaired) electrons. The molecular weight excluding hydrogens is 302 g/mol. The molecule has 0 amide bonds. The lowest BCUT2D eigenvalue weighted by Gasteiger charge is -2.06. The molecule has 0 saturated heterocycles. The topological polar surface area (TPSA) is 73.1 Å². The molecular formula is C20H27NO3. The van der Waals surface area contributed by atoms with Crippen molar-refractivity contribution in [1.82, 2.24) is 0 Å². The zero-order valence-electron chi connectivity index (χ0n) is 14.1. The second-order valence-corrected chi connectivity index (χ2v) is 6.11. The summed E-state index contributed by atoms with van der Waals surface area (Å²) in [5.41, 5.74) is 0.412. The van der Waals surface area contributed by atoms with Gasteiger partial charge in [-0.2, -0.15) is 0 Å². The Kier molecular flexibility index (Phi) is 7.56. The van der Waals surface area contributed by atoms with Gasteiger partial charge in [0.15, 0.2) is 0 Å². The predicted molar refractivity (Wildman–Crippen MR) is 99.5 cm³/mol. The maximum absolute atomic E-state index is 10.3. The van der Waals surface area contributed by atoms with E-state index in [2.05, 4.69) is 4.99 Å². The number of benzene rings is 2. The van der Waals surface area contributed by atoms with E-state index < -0.39 is 0 Å². The molecule has 4 heteroatoms. The van der Waals surface area contributed by atoms with E-state index in [1.807, 2.05) is 18.3 Å². The summed E-state index contributed by atoms with van der Waals surface area (Å²) >= 11 is 0. The van der Waals surface area contributed by atoms with E-state index in [4.69, 9.17) is 5.11 Å². The summed E-state index contributed by atoms with van der Waals surface area (Å²) in [7, 11) is 0. The standard InChI is InChI=1S/C20H27NO3/c22-14-10-6-4-2-1-3-5-9-13-21-18-15-19(23)16-11-7-8-12-17(16)20(18)24/h7-8,11-13,15,22-24H,1-6,9-10,14H2. The first-order valence-electron chi connectivity index (χ1n) is 8.81. The van der Waals surface area contributed by atoms with Gasteiger partial charge in [-0.05, 0) is 19.3 Å². The number of unbranched alkanes of at least 4 members (excludes halogenated alkanes) is 7. The number of aliphatic hydroxyl groups excluding tert-OH is 1. The Morgan fingerprint density at radius 1 is 0.833 bits per heavy atom. The van der Waals surface area contributed by atoms with Gasteiger partial charge in [0.2, 0.25) is 0 Å². The average Bonchev–Trinajstić information content (AvgIpc) is 2.60. The number of aromatic hydroxyl groups is 2. The van der Waals surface area contributed by atoms with Gasteiger partial charge in [0.05, 0.1) is 0 Å². The lowest BCUT2D eigenvalue weighted by atomic mass is 10.1. The lowest BCUT2D eigenvalue weighted by molar-refractivity contribution is 0.282. The largest absolute Gasteiger partial charge is 0.507 e. The fourth-order valence-corrected chi connectivity index (χ4v) is 2.82. The molecule has 130 valence electrons. The first-order chi connectivity index (χ1) is 11.7. The number of phenolic OH excluding ortho intramolecular Hbond substituents is 2. The van der Waals surface area contributed by atoms with Crippen molar-refractivity contribution in [3.8, 4) is 11.5 Å². The number of aliphatic imine (C=N–C) groups is 1. The molecule has 0 spiro atoms. The highest BCUT2D eigenvalue weighted by molar-refractivity contribution is 5.97. The third-order valence-electron chi connectivity index (χ3n) is 4.20. The van der Waals surface area contributed by atoms with Gasteiger partial charge in [0, 0.05) is 29.7 Å². The Labute approximate surface area is 143 Å². The molecule has 0 unspecified atom stereocenters. The Morgan fingerprint density at radius 2 is 1.46 bits per heavy atom. The van der Waals surface area contributed by atoms with Crippen LogP contribution in [-0.2, 0) is 0 Å². The van der Waals surface area contributed by atoms with Crippen molar-refractivity contribution in [3.63, 3.8) is 0 Å². The molecule has 0 aliphatic carbocycles. The molecule has 3 N–H and O–H groups in total. The zero-order valence-corrected chi connectivity index (χ0v) is 14.1. The zero-order chi connectivity index (χ0) is 17.2. The van der Waals surface area contributed by atoms with Gasteiger partial charge in [0.25, 0.3) is 0 Å². The van der Waals surface area contributed by atoms with Crippen LogP contribution in [0.1, 0.15) is 51.4 Å². The van der Waals surface area contributed by atoms with Gasteiger partial charge in [-0.15, -0.1) is 0 Å². The van der Waals surface area contributed by atoms with Crippen LogP contribution < -0.4 is 0 Å². The van der Waals surface area contributed by atoms with Gasteiger partial charge >= 0.3 is 0 Å². The van der Waals surface area contributed by atoms with Crippen molar-refractivity contribution in [1.29, 1.82) is 0 Å². The van der Waals surface area contributed by atoms with Gasteiger partial charge < -0.3 is 15.3 Å². The van der Waals surface area contributed by atoms with E-state index in [1.165, 1.54) is 31.7 Å². The number of hydrogen-bond acceptors (Lipinski definition) is 4. The van der Waals surface area contributed by atoms with Crippen molar-refractivity contribution in [3.05, 3.63) is 30.3 Å². The molecule has 0 aliphatic rings. The minimum Gasteiger partial charge on any atom is -0.507 e. The Balaban J connectivity index is 1.78. The minimum absolute atomic E-state index is 0.114. The van der Waals surface area contributed by atoms with E-state index in [9.17, 15) is 10.2 Å². The molecule has 0 aliphatic heterocycles. The second kappa shape index (κ2) is 9.93. The predicted octanol–water partition coefficient (Wildman–Crippen LogP) is 5.07. The fraction of sp³-hybridized carbons (Fsp3) is 0.450. The van der Waals surface area contributed by atoms with E-state index >= 15 is 0 Å². The maximum Gasteiger partial charge on any atom is 0.149 e. The van der Waals surface area contributed by atoms with Crippen molar-refractivity contribution in [2.24, 2.45) is 4.99 Å². The third kappa shape index (κ3) is 5.24. The van der Waals surface area contributed by atoms with Gasteiger partial charge in [-0.25, -0.2) is 0 Å². The van der Waals surface area contributed by atoms with Crippen molar-refractivity contribution in [2.75, 3.05) is 6.61 Å². The summed E-state index contributed by atoms with van der Waals surface area (Å²) in [6.45, 7) is 0.299. The third-order valence-corrected chi connectivity index (χ3v) is 4.20. The van der Waals surface area contributed by atoms with Crippen LogP contribution in [0.2, 0.25) is 0 Å². The van der Waals surface area contributed by atoms with Crippen LogP contribution in [0, 0.1) is 0 Å². The molecule has 0 atom stereocenters. The number of rotatable bonds is 10. The molecule has 0 heterocycles. The van der Waals surface area contributed by atoms with Crippen molar-refractivity contribution in [2.45, 2.75) is 51.4 Å². The number of hydrogen-bond donors (Lipinski definition) is 3. The van der Waals surface area contributed by atoms with Crippen LogP contribution in [0.15, 0.2) is 35.3 Å². The average molecular weight is 329 g/mol. The molecule has 0 fully saturated rings. The van der Waals surface area contributed by atoms with Crippen LogP contribution in [-0.4, -0.2) is 28.1 Å². The number of phenols is 2. The molecule has 2 aromatic carbocycles. The highest BCUT2D eigenvalue weighted by Crippen LogP contribution is 2.39. The molecule has 0 bridgehead atoms. The van der Waals surface area contributed by atoms with E-state index in [1.54, 1.807) is 12.1 Å².